The minimum atomic E-state index is 0.374. The highest BCUT2D eigenvalue weighted by atomic mass is 16.5. The molecule has 0 saturated heterocycles. The van der Waals surface area contributed by atoms with Crippen LogP contribution < -0.4 is 18.9 Å². The van der Waals surface area contributed by atoms with E-state index in [1.54, 1.807) is 7.11 Å². The first-order valence-corrected chi connectivity index (χ1v) is 20.1. The number of nitrogens with zero attached hydrogens (tertiary/aromatic N) is 1. The van der Waals surface area contributed by atoms with Crippen molar-refractivity contribution < 1.29 is 28.4 Å². The molecule has 0 amide bonds. The molecule has 0 radical (unpaired) electrons. The van der Waals surface area contributed by atoms with Crippen molar-refractivity contribution in [1.29, 1.82) is 0 Å². The number of methoxy groups -OCH3 is 1. The molecule has 7 heteroatoms. The van der Waals surface area contributed by atoms with Crippen molar-refractivity contribution in [2.24, 2.45) is 0 Å². The van der Waals surface area contributed by atoms with E-state index in [1.165, 1.54) is 0 Å². The Hall–Kier alpha value is -6.12. The van der Waals surface area contributed by atoms with E-state index in [1.807, 2.05) is 0 Å². The van der Waals surface area contributed by atoms with Gasteiger partial charge >= 0.3 is 0 Å². The molecule has 8 aromatic carbocycles. The third-order valence-electron chi connectivity index (χ3n) is 11.0. The van der Waals surface area contributed by atoms with Gasteiger partial charge in [0.05, 0.1) is 19.8 Å². The predicted octanol–water partition coefficient (Wildman–Crippen LogP) is 10.8. The van der Waals surface area contributed by atoms with Gasteiger partial charge in [-0.1, -0.05) is 121 Å². The quantitative estimate of drug-likeness (QED) is 0.177. The monoisotopic (exact) mass is 769 g/mol. The molecular formula is C51H47NO6. The van der Waals surface area contributed by atoms with Gasteiger partial charge in [0.25, 0.3) is 0 Å². The van der Waals surface area contributed by atoms with E-state index in [2.05, 4.69) is 150 Å². The van der Waals surface area contributed by atoms with E-state index < -0.39 is 0 Å². The van der Waals surface area contributed by atoms with Crippen LogP contribution in [0.1, 0.15) is 0 Å². The Bertz CT molecular complexity index is 2510. The van der Waals surface area contributed by atoms with Crippen LogP contribution in [-0.4, -0.2) is 77.9 Å². The molecule has 8 aromatic rings. The molecule has 1 heterocycles. The van der Waals surface area contributed by atoms with Crippen LogP contribution in [0.25, 0.3) is 65.3 Å². The number of hydrogen-bond acceptors (Lipinski definition) is 7. The Morgan fingerprint density at radius 2 is 0.724 bits per heavy atom. The van der Waals surface area contributed by atoms with E-state index in [0.717, 1.165) is 94.9 Å². The Morgan fingerprint density at radius 3 is 1.07 bits per heavy atom. The average molecular weight is 770 g/mol. The molecular weight excluding hydrogens is 723 g/mol. The number of ether oxygens (including phenoxy) is 6. The van der Waals surface area contributed by atoms with Gasteiger partial charge in [0.2, 0.25) is 0 Å². The summed E-state index contributed by atoms with van der Waals surface area (Å²) in [6.07, 6.45) is 0. The fourth-order valence-electron chi connectivity index (χ4n) is 8.17. The number of hydrogen-bond donors (Lipinski definition) is 0. The second-order valence-electron chi connectivity index (χ2n) is 14.5. The van der Waals surface area contributed by atoms with Crippen molar-refractivity contribution >= 4 is 43.1 Å². The molecule has 58 heavy (non-hydrogen) atoms. The van der Waals surface area contributed by atoms with Crippen LogP contribution in [0.5, 0.6) is 23.0 Å². The maximum atomic E-state index is 6.79. The standard InChI is InChI=1S/C51H47NO6/c1-53-29-26-52-27-30-55-44-22-18-36-10-2-6-14-40(36)48(44)50-42-16-8-4-12-38(42)20-24-46(50)57-34-32-54-33-35-58-47-25-21-39-13-5-9-17-43(39)51(47)49-41-15-7-3-11-37(41)19-23-45(49)56-31-28-52/h2-25H,26-35H2,1H3. The van der Waals surface area contributed by atoms with E-state index >= 15 is 0 Å². The summed E-state index contributed by atoms with van der Waals surface area (Å²) in [6, 6.07) is 50.7. The number of benzene rings is 8. The molecule has 9 rings (SSSR count). The van der Waals surface area contributed by atoms with Gasteiger partial charge in [-0.25, -0.2) is 0 Å². The minimum absolute atomic E-state index is 0.374. The summed E-state index contributed by atoms with van der Waals surface area (Å²) in [6.45, 7) is 5.20. The molecule has 0 unspecified atom stereocenters. The van der Waals surface area contributed by atoms with Gasteiger partial charge in [-0.2, -0.15) is 0 Å². The first kappa shape index (κ1) is 37.5. The van der Waals surface area contributed by atoms with Crippen LogP contribution in [0.15, 0.2) is 146 Å². The molecule has 0 aliphatic carbocycles. The molecule has 1 aliphatic rings. The lowest BCUT2D eigenvalue weighted by atomic mass is 9.92. The lowest BCUT2D eigenvalue weighted by Crippen LogP contribution is -2.35. The van der Waals surface area contributed by atoms with Gasteiger partial charge in [-0.3, -0.25) is 4.90 Å². The summed E-state index contributed by atoms with van der Waals surface area (Å²) in [5.74, 6) is 3.19. The third kappa shape index (κ3) is 7.77. The predicted molar refractivity (Wildman–Crippen MR) is 235 cm³/mol. The van der Waals surface area contributed by atoms with Crippen molar-refractivity contribution in [2.75, 3.05) is 73.0 Å². The Kier molecular flexibility index (Phi) is 11.3. The Morgan fingerprint density at radius 1 is 0.397 bits per heavy atom. The fourth-order valence-corrected chi connectivity index (χ4v) is 8.17. The summed E-state index contributed by atoms with van der Waals surface area (Å²) in [5, 5.41) is 8.94. The number of fused-ring (bicyclic) bond motifs is 14. The largest absolute Gasteiger partial charge is 0.492 e. The Labute approximate surface area is 339 Å². The smallest absolute Gasteiger partial charge is 0.128 e. The summed E-state index contributed by atoms with van der Waals surface area (Å²) in [4.78, 5) is 2.34. The lowest BCUT2D eigenvalue weighted by molar-refractivity contribution is 0.0767. The summed E-state index contributed by atoms with van der Waals surface area (Å²) in [5.41, 5.74) is 4.05. The Balaban J connectivity index is 1.10. The number of rotatable bonds is 3. The van der Waals surface area contributed by atoms with Crippen LogP contribution in [0, 0.1) is 0 Å². The molecule has 292 valence electrons. The summed E-state index contributed by atoms with van der Waals surface area (Å²) < 4.78 is 38.5. The van der Waals surface area contributed by atoms with Crippen LogP contribution in [0.2, 0.25) is 0 Å². The molecule has 7 nitrogen and oxygen atoms in total. The zero-order valence-electron chi connectivity index (χ0n) is 32.8. The van der Waals surface area contributed by atoms with E-state index in [9.17, 15) is 0 Å². The second kappa shape index (κ2) is 17.6. The molecule has 0 atom stereocenters. The fraction of sp³-hybridized carbons (Fsp3) is 0.216. The molecule has 0 saturated carbocycles. The van der Waals surface area contributed by atoms with Gasteiger partial charge < -0.3 is 28.4 Å². The highest BCUT2D eigenvalue weighted by molar-refractivity contribution is 6.11. The first-order valence-electron chi connectivity index (χ1n) is 20.1. The topological polar surface area (TPSA) is 58.6 Å². The molecule has 0 fully saturated rings. The molecule has 0 spiro atoms. The van der Waals surface area contributed by atoms with Gasteiger partial charge in [0.1, 0.15) is 49.4 Å². The summed E-state index contributed by atoms with van der Waals surface area (Å²) in [7, 11) is 1.74. The van der Waals surface area contributed by atoms with Crippen molar-refractivity contribution in [3.8, 4) is 45.3 Å². The average Bonchev–Trinajstić information content (AvgIpc) is 3.27. The van der Waals surface area contributed by atoms with Crippen molar-refractivity contribution in [2.45, 2.75) is 0 Å². The van der Waals surface area contributed by atoms with Crippen LogP contribution in [0.4, 0.5) is 0 Å². The van der Waals surface area contributed by atoms with E-state index in [0.29, 0.717) is 59.3 Å². The van der Waals surface area contributed by atoms with Gasteiger partial charge in [0.15, 0.2) is 0 Å². The second-order valence-corrected chi connectivity index (χ2v) is 14.5. The van der Waals surface area contributed by atoms with E-state index in [4.69, 9.17) is 28.4 Å². The van der Waals surface area contributed by atoms with Crippen LogP contribution >= 0.6 is 0 Å². The molecule has 0 aromatic heterocycles. The zero-order valence-corrected chi connectivity index (χ0v) is 32.8. The maximum Gasteiger partial charge on any atom is 0.128 e. The zero-order chi connectivity index (χ0) is 39.1. The van der Waals surface area contributed by atoms with Gasteiger partial charge in [0, 0.05) is 49.0 Å². The van der Waals surface area contributed by atoms with Crippen molar-refractivity contribution in [3.63, 3.8) is 0 Å². The maximum absolute atomic E-state index is 6.79. The highest BCUT2D eigenvalue weighted by Gasteiger charge is 2.22. The van der Waals surface area contributed by atoms with Crippen molar-refractivity contribution in [3.05, 3.63) is 146 Å². The molecule has 0 bridgehead atoms. The van der Waals surface area contributed by atoms with Crippen molar-refractivity contribution in [1.82, 2.24) is 4.90 Å². The minimum Gasteiger partial charge on any atom is -0.492 e. The van der Waals surface area contributed by atoms with Crippen LogP contribution in [0.3, 0.4) is 0 Å². The highest BCUT2D eigenvalue weighted by Crippen LogP contribution is 2.47. The van der Waals surface area contributed by atoms with E-state index in [-0.39, 0.29) is 0 Å². The SMILES string of the molecule is COCCN1CCOc2ccc3ccccc3c2-c2c(ccc3ccccc23)OCCOCCOc2ccc3ccccc3c2-c2c(ccc3ccccc23)OCC1. The molecule has 1 aliphatic heterocycles. The first-order chi connectivity index (χ1) is 28.8. The summed E-state index contributed by atoms with van der Waals surface area (Å²) >= 11 is 0. The normalized spacial score (nSPS) is 14.7. The van der Waals surface area contributed by atoms with Gasteiger partial charge in [-0.15, -0.1) is 0 Å². The lowest BCUT2D eigenvalue weighted by Gasteiger charge is -2.24. The molecule has 0 N–H and O–H groups in total. The third-order valence-corrected chi connectivity index (χ3v) is 11.0. The van der Waals surface area contributed by atoms with Gasteiger partial charge in [-0.05, 0) is 67.4 Å². The van der Waals surface area contributed by atoms with Crippen LogP contribution in [-0.2, 0) is 9.47 Å².